The van der Waals surface area contributed by atoms with Gasteiger partial charge in [-0.15, -0.1) is 0 Å². The van der Waals surface area contributed by atoms with Gasteiger partial charge >= 0.3 is 0 Å². The van der Waals surface area contributed by atoms with Crippen molar-refractivity contribution >= 4 is 5.69 Å². The van der Waals surface area contributed by atoms with Gasteiger partial charge in [-0.1, -0.05) is 18.2 Å². The molecule has 1 rings (SSSR count). The van der Waals surface area contributed by atoms with E-state index in [1.165, 1.54) is 5.69 Å². The molecule has 14 heavy (non-hydrogen) atoms. The molecule has 0 heterocycles. The number of ether oxygens (including phenoxy) is 1. The van der Waals surface area contributed by atoms with Crippen molar-refractivity contribution in [3.8, 4) is 0 Å². The third kappa shape index (κ3) is 4.87. The van der Waals surface area contributed by atoms with Crippen LogP contribution in [0.15, 0.2) is 30.3 Å². The summed E-state index contributed by atoms with van der Waals surface area (Å²) in [6.07, 6.45) is 2.29. The van der Waals surface area contributed by atoms with Gasteiger partial charge in [0, 0.05) is 25.4 Å². The molecule has 78 valence electrons. The summed E-state index contributed by atoms with van der Waals surface area (Å²) < 4.78 is 5.26. The second-order valence-corrected chi connectivity index (χ2v) is 3.20. The smallest absolute Gasteiger partial charge is 0.0466 e. The Hall–Kier alpha value is -1.02. The van der Waals surface area contributed by atoms with Gasteiger partial charge in [-0.05, 0) is 31.9 Å². The van der Waals surface area contributed by atoms with E-state index in [2.05, 4.69) is 17.4 Å². The molecule has 0 saturated heterocycles. The Morgan fingerprint density at radius 3 is 2.64 bits per heavy atom. The molecule has 0 bridgehead atoms. The van der Waals surface area contributed by atoms with Crippen molar-refractivity contribution in [2.24, 2.45) is 0 Å². The van der Waals surface area contributed by atoms with Crippen LogP contribution in [0.25, 0.3) is 0 Å². The van der Waals surface area contributed by atoms with E-state index in [0.29, 0.717) is 0 Å². The van der Waals surface area contributed by atoms with Crippen LogP contribution in [0.3, 0.4) is 0 Å². The Bertz CT molecular complexity index is 223. The molecule has 0 aromatic heterocycles. The van der Waals surface area contributed by atoms with Crippen LogP contribution >= 0.6 is 0 Å². The van der Waals surface area contributed by atoms with Crippen molar-refractivity contribution in [1.82, 2.24) is 0 Å². The Morgan fingerprint density at radius 2 is 1.93 bits per heavy atom. The highest BCUT2D eigenvalue weighted by molar-refractivity contribution is 5.42. The highest BCUT2D eigenvalue weighted by Gasteiger charge is 1.90. The van der Waals surface area contributed by atoms with Crippen LogP contribution < -0.4 is 5.32 Å². The molecule has 0 radical (unpaired) electrons. The number of para-hydroxylation sites is 1. The van der Waals surface area contributed by atoms with Crippen LogP contribution in [-0.4, -0.2) is 19.8 Å². The number of hydrogen-bond acceptors (Lipinski definition) is 2. The van der Waals surface area contributed by atoms with E-state index < -0.39 is 0 Å². The Balaban J connectivity index is 1.99. The van der Waals surface area contributed by atoms with Crippen molar-refractivity contribution in [3.05, 3.63) is 30.3 Å². The second kappa shape index (κ2) is 7.39. The maximum absolute atomic E-state index is 5.26. The lowest BCUT2D eigenvalue weighted by molar-refractivity contribution is 0.144. The zero-order valence-electron chi connectivity index (χ0n) is 8.83. The molecule has 0 fully saturated rings. The van der Waals surface area contributed by atoms with Gasteiger partial charge in [-0.3, -0.25) is 0 Å². The predicted molar refractivity (Wildman–Crippen MR) is 60.7 cm³/mol. The van der Waals surface area contributed by atoms with Gasteiger partial charge in [-0.25, -0.2) is 0 Å². The van der Waals surface area contributed by atoms with Crippen LogP contribution in [0.2, 0.25) is 0 Å². The van der Waals surface area contributed by atoms with Gasteiger partial charge in [0.05, 0.1) is 0 Å². The van der Waals surface area contributed by atoms with Gasteiger partial charge in [-0.2, -0.15) is 0 Å². The highest BCUT2D eigenvalue weighted by atomic mass is 16.5. The maximum atomic E-state index is 5.26. The summed E-state index contributed by atoms with van der Waals surface area (Å²) in [6, 6.07) is 10.3. The van der Waals surface area contributed by atoms with Crippen molar-refractivity contribution in [2.75, 3.05) is 25.1 Å². The van der Waals surface area contributed by atoms with Gasteiger partial charge in [0.25, 0.3) is 0 Å². The fourth-order valence-corrected chi connectivity index (χ4v) is 1.26. The minimum atomic E-state index is 0.826. The largest absolute Gasteiger partial charge is 0.385 e. The first-order chi connectivity index (χ1) is 6.93. The Labute approximate surface area is 86.3 Å². The molecule has 0 aliphatic heterocycles. The van der Waals surface area contributed by atoms with Crippen molar-refractivity contribution in [1.29, 1.82) is 0 Å². The summed E-state index contributed by atoms with van der Waals surface area (Å²) in [5.41, 5.74) is 1.20. The number of hydrogen-bond donors (Lipinski definition) is 1. The minimum Gasteiger partial charge on any atom is -0.385 e. The lowest BCUT2D eigenvalue weighted by Crippen LogP contribution is -2.03. The van der Waals surface area contributed by atoms with E-state index in [4.69, 9.17) is 4.74 Å². The van der Waals surface area contributed by atoms with E-state index in [1.54, 1.807) is 0 Å². The molecule has 0 aliphatic rings. The quantitative estimate of drug-likeness (QED) is 0.672. The van der Waals surface area contributed by atoms with Crippen LogP contribution in [-0.2, 0) is 4.74 Å². The van der Waals surface area contributed by atoms with Gasteiger partial charge < -0.3 is 10.1 Å². The van der Waals surface area contributed by atoms with Crippen LogP contribution in [0.4, 0.5) is 5.69 Å². The van der Waals surface area contributed by atoms with E-state index in [1.807, 2.05) is 25.1 Å². The maximum Gasteiger partial charge on any atom is 0.0466 e. The SMILES string of the molecule is CCOCCCCNc1ccccc1. The Kier molecular flexibility index (Phi) is 5.84. The first kappa shape index (κ1) is 11.1. The summed E-state index contributed by atoms with van der Waals surface area (Å²) in [4.78, 5) is 0. The first-order valence-electron chi connectivity index (χ1n) is 5.30. The lowest BCUT2D eigenvalue weighted by atomic mass is 10.3. The van der Waals surface area contributed by atoms with E-state index in [0.717, 1.165) is 32.6 Å². The summed E-state index contributed by atoms with van der Waals surface area (Å²) >= 11 is 0. The molecule has 0 atom stereocenters. The first-order valence-corrected chi connectivity index (χ1v) is 5.30. The summed E-state index contributed by atoms with van der Waals surface area (Å²) in [7, 11) is 0. The fraction of sp³-hybridized carbons (Fsp3) is 0.500. The standard InChI is InChI=1S/C12H19NO/c1-2-14-11-7-6-10-13-12-8-4-3-5-9-12/h3-5,8-9,13H,2,6-7,10-11H2,1H3. The van der Waals surface area contributed by atoms with Gasteiger partial charge in [0.2, 0.25) is 0 Å². The molecule has 0 unspecified atom stereocenters. The van der Waals surface area contributed by atoms with Crippen LogP contribution in [0, 0.1) is 0 Å². The molecule has 0 spiro atoms. The molecule has 0 saturated carbocycles. The normalized spacial score (nSPS) is 10.1. The van der Waals surface area contributed by atoms with Gasteiger partial charge in [0.15, 0.2) is 0 Å². The molecular weight excluding hydrogens is 174 g/mol. The molecule has 2 heteroatoms. The van der Waals surface area contributed by atoms with Crippen LogP contribution in [0.5, 0.6) is 0 Å². The second-order valence-electron chi connectivity index (χ2n) is 3.20. The summed E-state index contributed by atoms with van der Waals surface area (Å²) in [5.74, 6) is 0. The molecule has 2 nitrogen and oxygen atoms in total. The van der Waals surface area contributed by atoms with E-state index in [9.17, 15) is 0 Å². The summed E-state index contributed by atoms with van der Waals surface area (Å²) in [6.45, 7) is 4.76. The lowest BCUT2D eigenvalue weighted by Gasteiger charge is -2.05. The topological polar surface area (TPSA) is 21.3 Å². The molecule has 1 aromatic carbocycles. The predicted octanol–water partition coefficient (Wildman–Crippen LogP) is 2.92. The average molecular weight is 193 g/mol. The summed E-state index contributed by atoms with van der Waals surface area (Å²) in [5, 5.41) is 3.37. The van der Waals surface area contributed by atoms with Crippen LogP contribution in [0.1, 0.15) is 19.8 Å². The number of rotatable bonds is 7. The fourth-order valence-electron chi connectivity index (χ4n) is 1.26. The average Bonchev–Trinajstić information content (AvgIpc) is 2.25. The number of nitrogens with one attached hydrogen (secondary N) is 1. The number of anilines is 1. The zero-order valence-corrected chi connectivity index (χ0v) is 8.83. The molecule has 1 N–H and O–H groups in total. The highest BCUT2D eigenvalue weighted by Crippen LogP contribution is 2.04. The molecule has 0 amide bonds. The minimum absolute atomic E-state index is 0.826. The molecule has 1 aromatic rings. The number of unbranched alkanes of at least 4 members (excludes halogenated alkanes) is 1. The Morgan fingerprint density at radius 1 is 1.14 bits per heavy atom. The van der Waals surface area contributed by atoms with E-state index >= 15 is 0 Å². The third-order valence-electron chi connectivity index (χ3n) is 2.02. The van der Waals surface area contributed by atoms with Crippen molar-refractivity contribution in [3.63, 3.8) is 0 Å². The van der Waals surface area contributed by atoms with Crippen molar-refractivity contribution in [2.45, 2.75) is 19.8 Å². The van der Waals surface area contributed by atoms with Crippen molar-refractivity contribution < 1.29 is 4.74 Å². The molecular formula is C12H19NO. The third-order valence-corrected chi connectivity index (χ3v) is 2.02. The van der Waals surface area contributed by atoms with E-state index in [-0.39, 0.29) is 0 Å². The molecule has 0 aliphatic carbocycles. The monoisotopic (exact) mass is 193 g/mol. The number of benzene rings is 1. The zero-order chi connectivity index (χ0) is 10.1. The van der Waals surface area contributed by atoms with Gasteiger partial charge in [0.1, 0.15) is 0 Å².